The molecular weight excluding hydrogens is 320 g/mol. The molecule has 0 aliphatic rings. The summed E-state index contributed by atoms with van der Waals surface area (Å²) in [6, 6.07) is 12.4. The predicted octanol–water partition coefficient (Wildman–Crippen LogP) is 7.97. The molecule has 0 bridgehead atoms. The van der Waals surface area contributed by atoms with E-state index in [1.807, 2.05) is 0 Å². The highest BCUT2D eigenvalue weighted by molar-refractivity contribution is 6.73. The van der Waals surface area contributed by atoms with Gasteiger partial charge in [-0.25, -0.2) is 0 Å². The summed E-state index contributed by atoms with van der Waals surface area (Å²) in [4.78, 5) is 0. The lowest BCUT2D eigenvalue weighted by Crippen LogP contribution is -2.38. The molecule has 0 aliphatic heterocycles. The monoisotopic (exact) mass is 360 g/mol. The van der Waals surface area contributed by atoms with Gasteiger partial charge in [0.1, 0.15) is 0 Å². The molecule has 2 heteroatoms. The molecule has 142 valence electrons. The van der Waals surface area contributed by atoms with Gasteiger partial charge in [0.05, 0.1) is 6.10 Å². The zero-order valence-electron chi connectivity index (χ0n) is 17.5. The first-order valence-corrected chi connectivity index (χ1v) is 13.0. The molecule has 0 saturated carbocycles. The van der Waals surface area contributed by atoms with Crippen LogP contribution in [-0.4, -0.2) is 8.32 Å². The van der Waals surface area contributed by atoms with Crippen molar-refractivity contribution in [3.63, 3.8) is 0 Å². The molecule has 1 aromatic carbocycles. The highest BCUT2D eigenvalue weighted by Gasteiger charge is 2.34. The van der Waals surface area contributed by atoms with E-state index in [1.54, 1.807) is 0 Å². The summed E-state index contributed by atoms with van der Waals surface area (Å²) in [6.07, 6.45) is 8.65. The Hall–Kier alpha value is -0.863. The lowest BCUT2D eigenvalue weighted by molar-refractivity contribution is 0.219. The topological polar surface area (TPSA) is 9.23 Å². The van der Waals surface area contributed by atoms with Crippen molar-refractivity contribution in [2.45, 2.75) is 97.9 Å². The largest absolute Gasteiger partial charge is 0.406 e. The maximum Gasteiger partial charge on any atom is 0.193 e. The molecule has 0 heterocycles. The summed E-state index contributed by atoms with van der Waals surface area (Å²) in [5, 5.41) is 0. The van der Waals surface area contributed by atoms with E-state index in [-0.39, 0.29) is 6.10 Å². The van der Waals surface area contributed by atoms with Crippen molar-refractivity contribution in [2.24, 2.45) is 0 Å². The molecule has 0 amide bonds. The Morgan fingerprint density at radius 3 is 2.16 bits per heavy atom. The van der Waals surface area contributed by atoms with Crippen molar-refractivity contribution < 1.29 is 4.43 Å². The van der Waals surface area contributed by atoms with Crippen LogP contribution in [0.1, 0.15) is 84.0 Å². The Kier molecular flexibility index (Phi) is 10.4. The average molecular weight is 361 g/mol. The van der Waals surface area contributed by atoms with E-state index in [2.05, 4.69) is 71.9 Å². The smallest absolute Gasteiger partial charge is 0.193 e. The van der Waals surface area contributed by atoms with Crippen LogP contribution in [0.25, 0.3) is 0 Å². The number of aryl methyl sites for hydroxylation is 1. The molecule has 0 fully saturated rings. The van der Waals surface area contributed by atoms with Gasteiger partial charge in [-0.15, -0.1) is 0 Å². The van der Waals surface area contributed by atoms with Crippen LogP contribution in [0.4, 0.5) is 0 Å². The van der Waals surface area contributed by atoms with Gasteiger partial charge in [0, 0.05) is 0 Å². The van der Waals surface area contributed by atoms with Crippen molar-refractivity contribution in [3.05, 3.63) is 47.0 Å². The molecule has 0 aliphatic carbocycles. The first kappa shape index (κ1) is 22.2. The van der Waals surface area contributed by atoms with Gasteiger partial charge < -0.3 is 4.43 Å². The third kappa shape index (κ3) is 6.42. The van der Waals surface area contributed by atoms with Crippen LogP contribution in [0.3, 0.4) is 0 Å². The third-order valence-electron chi connectivity index (χ3n) is 5.62. The van der Waals surface area contributed by atoms with Crippen LogP contribution >= 0.6 is 0 Å². The van der Waals surface area contributed by atoms with E-state index in [9.17, 15) is 0 Å². The maximum atomic E-state index is 7.08. The quantitative estimate of drug-likeness (QED) is 0.271. The molecule has 1 nitrogen and oxygen atoms in total. The molecular formula is C23H40OSi. The molecule has 1 rings (SSSR count). The molecule has 25 heavy (non-hydrogen) atoms. The van der Waals surface area contributed by atoms with E-state index in [1.165, 1.54) is 54.1 Å². The minimum atomic E-state index is -1.67. The second-order valence-corrected chi connectivity index (χ2v) is 12.0. The van der Waals surface area contributed by atoms with Crippen LogP contribution in [0.2, 0.25) is 18.1 Å². The van der Waals surface area contributed by atoms with Gasteiger partial charge in [0.15, 0.2) is 8.32 Å². The molecule has 0 spiro atoms. The normalized spacial score (nSPS) is 13.9. The Morgan fingerprint density at radius 2 is 1.64 bits per heavy atom. The molecule has 0 N–H and O–H groups in total. The van der Waals surface area contributed by atoms with Crippen LogP contribution in [0.5, 0.6) is 0 Å². The minimum absolute atomic E-state index is 0.158. The van der Waals surface area contributed by atoms with Crippen LogP contribution < -0.4 is 0 Å². The molecule has 0 aromatic heterocycles. The van der Waals surface area contributed by atoms with Crippen molar-refractivity contribution >= 4 is 8.32 Å². The Labute approximate surface area is 158 Å². The second kappa shape index (κ2) is 11.7. The standard InChI is InChI=1S/C23H40OSi/c1-7-12-17-21(18-13-8-2)23(22-19-15-14-16-20(22)6)24-25(9-3,10-4)11-5/h14-17,19,23H,7-13,18H2,1-6H3/b21-17-. The number of hydrogen-bond acceptors (Lipinski definition) is 1. The first-order valence-electron chi connectivity index (χ1n) is 10.5. The SMILES string of the molecule is CCC/C=C(/CCCC)C(O[Si](CC)(CC)CC)c1ccccc1C. The zero-order valence-corrected chi connectivity index (χ0v) is 18.5. The number of rotatable bonds is 12. The summed E-state index contributed by atoms with van der Waals surface area (Å²) in [5.74, 6) is 0. The molecule has 0 saturated heterocycles. The average Bonchev–Trinajstić information content (AvgIpc) is 2.65. The molecule has 1 atom stereocenters. The van der Waals surface area contributed by atoms with E-state index in [0.29, 0.717) is 0 Å². The molecule has 1 unspecified atom stereocenters. The van der Waals surface area contributed by atoms with Gasteiger partial charge in [-0.1, -0.05) is 77.8 Å². The van der Waals surface area contributed by atoms with E-state index < -0.39 is 8.32 Å². The van der Waals surface area contributed by atoms with Crippen LogP contribution in [0, 0.1) is 6.92 Å². The molecule has 1 aromatic rings. The Bertz CT molecular complexity index is 508. The predicted molar refractivity (Wildman–Crippen MR) is 115 cm³/mol. The lowest BCUT2D eigenvalue weighted by atomic mass is 9.93. The van der Waals surface area contributed by atoms with Crippen LogP contribution in [0.15, 0.2) is 35.9 Å². The van der Waals surface area contributed by atoms with Crippen molar-refractivity contribution in [1.82, 2.24) is 0 Å². The summed E-state index contributed by atoms with van der Waals surface area (Å²) >= 11 is 0. The van der Waals surface area contributed by atoms with Gasteiger partial charge in [-0.05, 0) is 61.0 Å². The van der Waals surface area contributed by atoms with Gasteiger partial charge in [-0.3, -0.25) is 0 Å². The Balaban J connectivity index is 3.31. The van der Waals surface area contributed by atoms with Gasteiger partial charge >= 0.3 is 0 Å². The van der Waals surface area contributed by atoms with E-state index in [4.69, 9.17) is 4.43 Å². The molecule has 0 radical (unpaired) electrons. The second-order valence-electron chi connectivity index (χ2n) is 7.27. The van der Waals surface area contributed by atoms with E-state index in [0.717, 1.165) is 12.8 Å². The van der Waals surface area contributed by atoms with Crippen molar-refractivity contribution in [2.75, 3.05) is 0 Å². The fourth-order valence-electron chi connectivity index (χ4n) is 3.52. The first-order chi connectivity index (χ1) is 12.1. The number of allylic oxidation sites excluding steroid dienone is 1. The maximum absolute atomic E-state index is 7.08. The summed E-state index contributed by atoms with van der Waals surface area (Å²) < 4.78 is 7.08. The fourth-order valence-corrected chi connectivity index (χ4v) is 6.30. The van der Waals surface area contributed by atoms with Gasteiger partial charge in [0.2, 0.25) is 0 Å². The lowest BCUT2D eigenvalue weighted by Gasteiger charge is -2.35. The third-order valence-corrected chi connectivity index (χ3v) is 10.2. The highest BCUT2D eigenvalue weighted by Crippen LogP contribution is 2.37. The highest BCUT2D eigenvalue weighted by atomic mass is 28.4. The Morgan fingerprint density at radius 1 is 1.00 bits per heavy atom. The number of benzene rings is 1. The van der Waals surface area contributed by atoms with Crippen molar-refractivity contribution in [1.29, 1.82) is 0 Å². The zero-order chi connectivity index (χ0) is 18.7. The van der Waals surface area contributed by atoms with E-state index >= 15 is 0 Å². The summed E-state index contributed by atoms with van der Waals surface area (Å²) in [7, 11) is -1.67. The van der Waals surface area contributed by atoms with Crippen LogP contribution in [-0.2, 0) is 4.43 Å². The summed E-state index contributed by atoms with van der Waals surface area (Å²) in [5.41, 5.74) is 4.26. The van der Waals surface area contributed by atoms with Crippen molar-refractivity contribution in [3.8, 4) is 0 Å². The number of hydrogen-bond donors (Lipinski definition) is 0. The summed E-state index contributed by atoms with van der Waals surface area (Å²) in [6.45, 7) is 13.8. The van der Waals surface area contributed by atoms with Gasteiger partial charge in [-0.2, -0.15) is 0 Å². The minimum Gasteiger partial charge on any atom is -0.406 e. The number of unbranched alkanes of at least 4 members (excludes halogenated alkanes) is 2. The van der Waals surface area contributed by atoms with Gasteiger partial charge in [0.25, 0.3) is 0 Å². The fraction of sp³-hybridized carbons (Fsp3) is 0.652.